The number of likely N-dealkylation sites (tertiary alicyclic amines) is 1. The number of hydrogen-bond acceptors (Lipinski definition) is 4. The van der Waals surface area contributed by atoms with E-state index in [0.29, 0.717) is 18.3 Å². The second-order valence-corrected chi connectivity index (χ2v) is 7.73. The fourth-order valence-electron chi connectivity index (χ4n) is 2.58. The van der Waals surface area contributed by atoms with Gasteiger partial charge in [-0.2, -0.15) is 0 Å². The van der Waals surface area contributed by atoms with E-state index < -0.39 is 9.84 Å². The van der Waals surface area contributed by atoms with E-state index in [0.717, 1.165) is 25.6 Å². The van der Waals surface area contributed by atoms with Crippen molar-refractivity contribution in [2.24, 2.45) is 5.92 Å². The zero-order valence-corrected chi connectivity index (χ0v) is 12.8. The molecule has 108 valence electrons. The largest absolute Gasteiger partial charge is 0.314 e. The Hall–Kier alpha value is -0.130. The van der Waals surface area contributed by atoms with Gasteiger partial charge in [0.1, 0.15) is 0 Å². The summed E-state index contributed by atoms with van der Waals surface area (Å²) in [6, 6.07) is 0.580. The van der Waals surface area contributed by atoms with Gasteiger partial charge < -0.3 is 10.2 Å². The highest BCUT2D eigenvalue weighted by Gasteiger charge is 2.23. The molecule has 0 bridgehead atoms. The highest BCUT2D eigenvalue weighted by Crippen LogP contribution is 2.20. The first-order chi connectivity index (χ1) is 8.48. The fourth-order valence-corrected chi connectivity index (χ4v) is 3.40. The van der Waals surface area contributed by atoms with Crippen molar-refractivity contribution in [3.63, 3.8) is 0 Å². The molecule has 5 heteroatoms. The Morgan fingerprint density at radius 3 is 2.39 bits per heavy atom. The van der Waals surface area contributed by atoms with Gasteiger partial charge in [0.15, 0.2) is 9.84 Å². The summed E-state index contributed by atoms with van der Waals surface area (Å²) in [5.41, 5.74) is 0. The molecule has 1 fully saturated rings. The second-order valence-electron chi connectivity index (χ2n) is 5.26. The average Bonchev–Trinajstić information content (AvgIpc) is 2.37. The van der Waals surface area contributed by atoms with Crippen LogP contribution in [0.4, 0.5) is 0 Å². The standard InChI is InChI=1S/C13H28N2O2S/c1-4-14-12(3)13-6-8-15(9-7-13)10-11-18(16,17)5-2/h12-14H,4-11H2,1-3H3. The van der Waals surface area contributed by atoms with Gasteiger partial charge in [0.25, 0.3) is 0 Å². The van der Waals surface area contributed by atoms with E-state index in [1.807, 2.05) is 0 Å². The monoisotopic (exact) mass is 276 g/mol. The molecular weight excluding hydrogens is 248 g/mol. The van der Waals surface area contributed by atoms with Crippen LogP contribution in [0.5, 0.6) is 0 Å². The Bertz CT molecular complexity index is 322. The van der Waals surface area contributed by atoms with Crippen molar-refractivity contribution in [1.82, 2.24) is 10.2 Å². The van der Waals surface area contributed by atoms with Crippen LogP contribution in [0.15, 0.2) is 0 Å². The summed E-state index contributed by atoms with van der Waals surface area (Å²) in [6.45, 7) is 9.93. The molecule has 1 unspecified atom stereocenters. The third-order valence-corrected chi connectivity index (χ3v) is 5.71. The first kappa shape index (κ1) is 15.9. The predicted octanol–water partition coefficient (Wildman–Crippen LogP) is 1.13. The van der Waals surface area contributed by atoms with Crippen LogP contribution in [-0.4, -0.2) is 57.0 Å². The predicted molar refractivity (Wildman–Crippen MR) is 76.6 cm³/mol. The highest BCUT2D eigenvalue weighted by molar-refractivity contribution is 7.91. The number of hydrogen-bond donors (Lipinski definition) is 1. The quantitative estimate of drug-likeness (QED) is 0.757. The van der Waals surface area contributed by atoms with Gasteiger partial charge in [-0.05, 0) is 45.3 Å². The molecule has 1 rings (SSSR count). The van der Waals surface area contributed by atoms with Crippen molar-refractivity contribution >= 4 is 9.84 Å². The molecule has 1 saturated heterocycles. The SMILES string of the molecule is CCNC(C)C1CCN(CCS(=O)(=O)CC)CC1. The summed E-state index contributed by atoms with van der Waals surface area (Å²) in [5, 5.41) is 3.48. The van der Waals surface area contributed by atoms with Crippen molar-refractivity contribution in [2.75, 3.05) is 37.7 Å². The number of nitrogens with one attached hydrogen (secondary N) is 1. The number of rotatable bonds is 7. The molecule has 4 nitrogen and oxygen atoms in total. The van der Waals surface area contributed by atoms with E-state index in [9.17, 15) is 8.42 Å². The Labute approximate surface area is 112 Å². The first-order valence-corrected chi connectivity index (χ1v) is 8.96. The van der Waals surface area contributed by atoms with Gasteiger partial charge in [0.05, 0.1) is 5.75 Å². The molecule has 1 heterocycles. The van der Waals surface area contributed by atoms with E-state index in [1.54, 1.807) is 6.92 Å². The minimum absolute atomic E-state index is 0.265. The van der Waals surface area contributed by atoms with Gasteiger partial charge in [-0.25, -0.2) is 8.42 Å². The van der Waals surface area contributed by atoms with Crippen LogP contribution in [-0.2, 0) is 9.84 Å². The molecule has 0 aromatic heterocycles. The van der Waals surface area contributed by atoms with Gasteiger partial charge in [0.2, 0.25) is 0 Å². The molecule has 0 aromatic carbocycles. The number of sulfone groups is 1. The van der Waals surface area contributed by atoms with Gasteiger partial charge in [-0.3, -0.25) is 0 Å². The van der Waals surface area contributed by atoms with E-state index in [-0.39, 0.29) is 5.75 Å². The van der Waals surface area contributed by atoms with Crippen LogP contribution >= 0.6 is 0 Å². The Balaban J connectivity index is 2.27. The molecule has 0 saturated carbocycles. The Kier molecular flexibility index (Phi) is 6.60. The normalized spacial score (nSPS) is 21.1. The first-order valence-electron chi connectivity index (χ1n) is 7.14. The lowest BCUT2D eigenvalue weighted by atomic mass is 9.90. The molecule has 1 atom stereocenters. The van der Waals surface area contributed by atoms with Crippen molar-refractivity contribution in [2.45, 2.75) is 39.7 Å². The highest BCUT2D eigenvalue weighted by atomic mass is 32.2. The van der Waals surface area contributed by atoms with Gasteiger partial charge >= 0.3 is 0 Å². The summed E-state index contributed by atoms with van der Waals surface area (Å²) in [7, 11) is -2.81. The zero-order valence-electron chi connectivity index (χ0n) is 12.0. The smallest absolute Gasteiger partial charge is 0.151 e. The van der Waals surface area contributed by atoms with Crippen LogP contribution in [0.2, 0.25) is 0 Å². The molecule has 1 N–H and O–H groups in total. The Morgan fingerprint density at radius 2 is 1.89 bits per heavy atom. The summed E-state index contributed by atoms with van der Waals surface area (Å²) >= 11 is 0. The third kappa shape index (κ3) is 5.24. The third-order valence-electron chi connectivity index (χ3n) is 4.02. The lowest BCUT2D eigenvalue weighted by molar-refractivity contribution is 0.170. The topological polar surface area (TPSA) is 49.4 Å². The van der Waals surface area contributed by atoms with Crippen molar-refractivity contribution in [3.8, 4) is 0 Å². The van der Waals surface area contributed by atoms with E-state index >= 15 is 0 Å². The molecule has 1 aliphatic heterocycles. The second kappa shape index (κ2) is 7.46. The summed E-state index contributed by atoms with van der Waals surface area (Å²) in [6.07, 6.45) is 2.36. The van der Waals surface area contributed by atoms with E-state index in [2.05, 4.69) is 24.1 Å². The van der Waals surface area contributed by atoms with E-state index in [1.165, 1.54) is 12.8 Å². The average molecular weight is 276 g/mol. The minimum Gasteiger partial charge on any atom is -0.314 e. The summed E-state index contributed by atoms with van der Waals surface area (Å²) in [5.74, 6) is 1.32. The molecule has 0 radical (unpaired) electrons. The van der Waals surface area contributed by atoms with Gasteiger partial charge in [0, 0.05) is 18.3 Å². The molecular formula is C13H28N2O2S. The zero-order chi connectivity index (χ0) is 13.6. The molecule has 0 aromatic rings. The number of nitrogens with zero attached hydrogens (tertiary/aromatic N) is 1. The van der Waals surface area contributed by atoms with Crippen molar-refractivity contribution in [1.29, 1.82) is 0 Å². The maximum absolute atomic E-state index is 11.5. The van der Waals surface area contributed by atoms with Crippen LogP contribution in [0.3, 0.4) is 0 Å². The lowest BCUT2D eigenvalue weighted by Crippen LogP contribution is -2.43. The fraction of sp³-hybridized carbons (Fsp3) is 1.00. The van der Waals surface area contributed by atoms with Crippen LogP contribution < -0.4 is 5.32 Å². The van der Waals surface area contributed by atoms with Crippen LogP contribution in [0.25, 0.3) is 0 Å². The maximum Gasteiger partial charge on any atom is 0.151 e. The van der Waals surface area contributed by atoms with Gasteiger partial charge in [-0.15, -0.1) is 0 Å². The van der Waals surface area contributed by atoms with Crippen LogP contribution in [0, 0.1) is 5.92 Å². The lowest BCUT2D eigenvalue weighted by Gasteiger charge is -2.35. The van der Waals surface area contributed by atoms with Crippen LogP contribution in [0.1, 0.15) is 33.6 Å². The summed E-state index contributed by atoms with van der Waals surface area (Å²) < 4.78 is 22.9. The molecule has 0 spiro atoms. The molecule has 1 aliphatic rings. The summed E-state index contributed by atoms with van der Waals surface area (Å²) in [4.78, 5) is 2.29. The van der Waals surface area contributed by atoms with Crippen molar-refractivity contribution < 1.29 is 8.42 Å². The minimum atomic E-state index is -2.81. The Morgan fingerprint density at radius 1 is 1.28 bits per heavy atom. The van der Waals surface area contributed by atoms with E-state index in [4.69, 9.17) is 0 Å². The van der Waals surface area contributed by atoms with Gasteiger partial charge in [-0.1, -0.05) is 13.8 Å². The molecule has 0 aliphatic carbocycles. The van der Waals surface area contributed by atoms with Crippen molar-refractivity contribution in [3.05, 3.63) is 0 Å². The maximum atomic E-state index is 11.5. The molecule has 18 heavy (non-hydrogen) atoms. The molecule has 0 amide bonds. The number of piperidine rings is 1.